The quantitative estimate of drug-likeness (QED) is 0.875. The summed E-state index contributed by atoms with van der Waals surface area (Å²) >= 11 is 0. The number of nitrogens with one attached hydrogen (secondary N) is 1. The molecule has 0 unspecified atom stereocenters. The maximum atomic E-state index is 12.9. The third-order valence-electron chi connectivity index (χ3n) is 3.47. The number of halogens is 3. The number of alkyl halides is 3. The Kier molecular flexibility index (Phi) is 5.39. The first kappa shape index (κ1) is 19.1. The summed E-state index contributed by atoms with van der Waals surface area (Å²) in [7, 11) is 2.70. The van der Waals surface area contributed by atoms with Crippen molar-refractivity contribution in [2.24, 2.45) is 0 Å². The van der Waals surface area contributed by atoms with Gasteiger partial charge in [-0.25, -0.2) is 0 Å². The van der Waals surface area contributed by atoms with E-state index in [1.54, 1.807) is 0 Å². The Morgan fingerprint density at radius 3 is 2.19 bits per heavy atom. The Bertz CT molecular complexity index is 849. The summed E-state index contributed by atoms with van der Waals surface area (Å²) in [4.78, 5) is 23.5. The number of benzene rings is 2. The monoisotopic (exact) mass is 368 g/mol. The molecule has 0 bridgehead atoms. The fourth-order valence-corrected chi connectivity index (χ4v) is 2.18. The third-order valence-corrected chi connectivity index (χ3v) is 3.47. The molecule has 0 aliphatic heterocycles. The summed E-state index contributed by atoms with van der Waals surface area (Å²) < 4.78 is 48.6. The van der Waals surface area contributed by atoms with Crippen molar-refractivity contribution in [3.05, 3.63) is 53.1 Å². The fraction of sp³-hybridized carbons (Fsp3) is 0.176. The average Bonchev–Trinajstić information content (AvgIpc) is 2.59. The highest BCUT2D eigenvalue weighted by Gasteiger charge is 2.31. The van der Waals surface area contributed by atoms with E-state index in [0.29, 0.717) is 17.9 Å². The molecule has 9 heteroatoms. The molecule has 0 fully saturated rings. The van der Waals surface area contributed by atoms with E-state index in [0.717, 1.165) is 6.07 Å². The Balaban J connectivity index is 2.43. The minimum atomic E-state index is -4.71. The van der Waals surface area contributed by atoms with Gasteiger partial charge in [-0.3, -0.25) is 4.79 Å². The van der Waals surface area contributed by atoms with E-state index in [2.05, 4.69) is 5.32 Å². The molecule has 0 radical (unpaired) electrons. The van der Waals surface area contributed by atoms with Crippen LogP contribution in [0.1, 0.15) is 26.3 Å². The lowest BCUT2D eigenvalue weighted by Gasteiger charge is -2.16. The molecule has 6 nitrogen and oxygen atoms in total. The Hall–Kier alpha value is -3.23. The summed E-state index contributed by atoms with van der Waals surface area (Å²) in [6, 6.07) is 6.02. The zero-order valence-corrected chi connectivity index (χ0v) is 13.6. The maximum absolute atomic E-state index is 12.9. The minimum absolute atomic E-state index is 0.0185. The van der Waals surface area contributed by atoms with Crippen molar-refractivity contribution in [3.8, 4) is 11.5 Å². The minimum Gasteiger partial charge on any atom is -0.545 e. The zero-order chi connectivity index (χ0) is 19.5. The number of carbonyl (C=O) groups is 2. The number of aromatic carboxylic acids is 1. The van der Waals surface area contributed by atoms with E-state index in [-0.39, 0.29) is 11.3 Å². The summed E-state index contributed by atoms with van der Waals surface area (Å²) in [5.74, 6) is -2.08. The van der Waals surface area contributed by atoms with Crippen molar-refractivity contribution < 1.29 is 37.3 Å². The lowest BCUT2D eigenvalue weighted by molar-refractivity contribution is -0.254. The van der Waals surface area contributed by atoms with Crippen LogP contribution in [0.3, 0.4) is 0 Å². The molecule has 138 valence electrons. The van der Waals surface area contributed by atoms with Crippen LogP contribution < -0.4 is 19.9 Å². The Morgan fingerprint density at radius 1 is 1.00 bits per heavy atom. The summed E-state index contributed by atoms with van der Waals surface area (Å²) in [5, 5.41) is 13.3. The van der Waals surface area contributed by atoms with Crippen LogP contribution >= 0.6 is 0 Å². The molecule has 2 rings (SSSR count). The second-order valence-corrected chi connectivity index (χ2v) is 5.07. The maximum Gasteiger partial charge on any atom is 0.416 e. The summed E-state index contributed by atoms with van der Waals surface area (Å²) in [6.07, 6.45) is -4.71. The average molecular weight is 368 g/mol. The van der Waals surface area contributed by atoms with Crippen molar-refractivity contribution in [2.45, 2.75) is 6.18 Å². The van der Waals surface area contributed by atoms with Gasteiger partial charge < -0.3 is 24.7 Å². The smallest absolute Gasteiger partial charge is 0.416 e. The van der Waals surface area contributed by atoms with Crippen LogP contribution in [-0.4, -0.2) is 26.1 Å². The summed E-state index contributed by atoms with van der Waals surface area (Å²) in [5.41, 5.74) is -2.25. The molecule has 0 saturated heterocycles. The number of carboxylic acids is 1. The first-order chi connectivity index (χ1) is 12.2. The number of anilines is 1. The van der Waals surface area contributed by atoms with Crippen LogP contribution in [0, 0.1) is 0 Å². The lowest BCUT2D eigenvalue weighted by atomic mass is 10.1. The zero-order valence-electron chi connectivity index (χ0n) is 13.6. The van der Waals surface area contributed by atoms with Crippen molar-refractivity contribution in [1.82, 2.24) is 0 Å². The predicted octanol–water partition coefficient (Wildman–Crippen LogP) is 2.34. The largest absolute Gasteiger partial charge is 0.545 e. The van der Waals surface area contributed by atoms with Crippen LogP contribution in [-0.2, 0) is 6.18 Å². The highest BCUT2D eigenvalue weighted by Crippen LogP contribution is 2.33. The van der Waals surface area contributed by atoms with Crippen LogP contribution in [0.5, 0.6) is 11.5 Å². The predicted molar refractivity (Wildman–Crippen MR) is 83.3 cm³/mol. The van der Waals surface area contributed by atoms with Gasteiger partial charge in [0.25, 0.3) is 5.91 Å². The molecular formula is C17H13F3NO5-. The van der Waals surface area contributed by atoms with Gasteiger partial charge in [0.05, 0.1) is 37.0 Å². The van der Waals surface area contributed by atoms with Crippen molar-refractivity contribution in [2.75, 3.05) is 19.5 Å². The first-order valence-corrected chi connectivity index (χ1v) is 7.13. The van der Waals surface area contributed by atoms with Gasteiger partial charge in [-0.2, -0.15) is 13.2 Å². The molecule has 26 heavy (non-hydrogen) atoms. The number of carboxylic acid groups (broad SMARTS) is 1. The molecule has 1 amide bonds. The van der Waals surface area contributed by atoms with E-state index in [1.165, 1.54) is 32.4 Å². The molecule has 0 heterocycles. The first-order valence-electron chi connectivity index (χ1n) is 7.13. The normalized spacial score (nSPS) is 11.0. The Labute approximate surface area is 146 Å². The Morgan fingerprint density at radius 2 is 1.65 bits per heavy atom. The van der Waals surface area contributed by atoms with E-state index < -0.39 is 34.9 Å². The topological polar surface area (TPSA) is 87.7 Å². The van der Waals surface area contributed by atoms with Gasteiger partial charge in [-0.15, -0.1) is 0 Å². The molecule has 2 aromatic carbocycles. The number of rotatable bonds is 5. The highest BCUT2D eigenvalue weighted by atomic mass is 19.4. The second-order valence-electron chi connectivity index (χ2n) is 5.07. The molecule has 0 aliphatic rings. The molecule has 2 aromatic rings. The van der Waals surface area contributed by atoms with Gasteiger partial charge in [0.15, 0.2) is 0 Å². The number of ether oxygens (including phenoxy) is 2. The van der Waals surface area contributed by atoms with Gasteiger partial charge >= 0.3 is 6.18 Å². The molecule has 0 saturated carbocycles. The van der Waals surface area contributed by atoms with E-state index in [9.17, 15) is 27.9 Å². The van der Waals surface area contributed by atoms with Gasteiger partial charge in [0.1, 0.15) is 11.5 Å². The van der Waals surface area contributed by atoms with Crippen LogP contribution in [0.2, 0.25) is 0 Å². The lowest BCUT2D eigenvalue weighted by Crippen LogP contribution is -2.25. The van der Waals surface area contributed by atoms with Crippen LogP contribution in [0.4, 0.5) is 18.9 Å². The molecule has 1 N–H and O–H groups in total. The standard InChI is InChI=1S/C17H14F3NO5/c1-25-10-4-6-12(14(8-10)26-2)15(22)21-13-7-9(17(18,19)20)3-5-11(13)16(23)24/h3-8H,1-2H3,(H,21,22)(H,23,24)/p-1. The van der Waals surface area contributed by atoms with Gasteiger partial charge in [-0.1, -0.05) is 6.07 Å². The summed E-state index contributed by atoms with van der Waals surface area (Å²) in [6.45, 7) is 0. The van der Waals surface area contributed by atoms with Crippen LogP contribution in [0.15, 0.2) is 36.4 Å². The van der Waals surface area contributed by atoms with E-state index in [1.807, 2.05) is 0 Å². The third kappa shape index (κ3) is 4.05. The van der Waals surface area contributed by atoms with E-state index in [4.69, 9.17) is 9.47 Å². The molecule has 0 atom stereocenters. The number of amides is 1. The number of hydrogen-bond acceptors (Lipinski definition) is 5. The fourth-order valence-electron chi connectivity index (χ4n) is 2.18. The van der Waals surface area contributed by atoms with Crippen molar-refractivity contribution in [1.29, 1.82) is 0 Å². The molecule has 0 aliphatic carbocycles. The number of methoxy groups -OCH3 is 2. The molecular weight excluding hydrogens is 355 g/mol. The number of hydrogen-bond donors (Lipinski definition) is 1. The van der Waals surface area contributed by atoms with Gasteiger partial charge in [0, 0.05) is 11.6 Å². The second kappa shape index (κ2) is 7.34. The van der Waals surface area contributed by atoms with Crippen molar-refractivity contribution >= 4 is 17.6 Å². The van der Waals surface area contributed by atoms with Crippen molar-refractivity contribution in [3.63, 3.8) is 0 Å². The molecule has 0 spiro atoms. The highest BCUT2D eigenvalue weighted by molar-refractivity contribution is 6.09. The number of carbonyl (C=O) groups excluding carboxylic acids is 2. The van der Waals surface area contributed by atoms with Gasteiger partial charge in [0.2, 0.25) is 0 Å². The SMILES string of the molecule is COc1ccc(C(=O)Nc2cc(C(F)(F)F)ccc2C(=O)[O-])c(OC)c1. The van der Waals surface area contributed by atoms with E-state index >= 15 is 0 Å². The van der Waals surface area contributed by atoms with Gasteiger partial charge in [-0.05, 0) is 24.3 Å². The molecule has 0 aromatic heterocycles. The van der Waals surface area contributed by atoms with Crippen LogP contribution in [0.25, 0.3) is 0 Å².